The molecule has 15 nitrogen and oxygen atoms in total. The smallest absolute Gasteiger partial charge is 0.459 e. The lowest BCUT2D eigenvalue weighted by Gasteiger charge is -2.25. The number of aliphatic hydroxyl groups excluding tert-OH is 1. The highest BCUT2D eigenvalue weighted by molar-refractivity contribution is 7.52. The van der Waals surface area contributed by atoms with Gasteiger partial charge in [0.2, 0.25) is 0 Å². The minimum Gasteiger partial charge on any atom is -0.462 e. The third kappa shape index (κ3) is 9.80. The van der Waals surface area contributed by atoms with Gasteiger partial charge in [0.1, 0.15) is 24.0 Å². The van der Waals surface area contributed by atoms with Crippen molar-refractivity contribution in [3.63, 3.8) is 0 Å². The second kappa shape index (κ2) is 15.9. The maximum Gasteiger partial charge on any atom is 0.459 e. The molecule has 1 aliphatic heterocycles. The predicted octanol–water partition coefficient (Wildman–Crippen LogP) is 1.97. The molecule has 0 spiro atoms. The first-order valence-electron chi connectivity index (χ1n) is 14.7. The van der Waals surface area contributed by atoms with Crippen LogP contribution >= 0.6 is 7.75 Å². The molecule has 0 aliphatic carbocycles. The molecule has 1 unspecified atom stereocenters. The number of alkyl halides is 1. The van der Waals surface area contributed by atoms with Crippen LogP contribution in [0.3, 0.4) is 0 Å². The van der Waals surface area contributed by atoms with Crippen LogP contribution < -0.4 is 20.9 Å². The van der Waals surface area contributed by atoms with E-state index in [0.29, 0.717) is 17.5 Å². The fourth-order valence-electron chi connectivity index (χ4n) is 4.43. The number of halogens is 1. The number of benzene rings is 1. The van der Waals surface area contributed by atoms with Crippen LogP contribution in [0.25, 0.3) is 0 Å². The van der Waals surface area contributed by atoms with Crippen LogP contribution in [0, 0.1) is 0 Å². The van der Waals surface area contributed by atoms with Gasteiger partial charge in [-0.25, -0.2) is 18.3 Å². The Labute approximate surface area is 265 Å². The van der Waals surface area contributed by atoms with Crippen molar-refractivity contribution in [2.75, 3.05) is 27.2 Å². The number of para-hydroxylation sites is 1. The highest BCUT2D eigenvalue weighted by Crippen LogP contribution is 2.47. The van der Waals surface area contributed by atoms with Crippen molar-refractivity contribution >= 4 is 19.7 Å². The van der Waals surface area contributed by atoms with Crippen LogP contribution in [-0.4, -0.2) is 88.3 Å². The van der Waals surface area contributed by atoms with Gasteiger partial charge in [-0.1, -0.05) is 18.2 Å². The molecular formula is C29H42FN4O11P. The minimum atomic E-state index is -4.39. The molecule has 3 rings (SSSR count). The van der Waals surface area contributed by atoms with Crippen molar-refractivity contribution in [1.82, 2.24) is 19.1 Å². The fourth-order valence-corrected chi connectivity index (χ4v) is 5.94. The summed E-state index contributed by atoms with van der Waals surface area (Å²) in [4.78, 5) is 52.1. The number of carbonyl (C=O) groups excluding carboxylic acids is 2. The Bertz CT molecular complexity index is 1500. The quantitative estimate of drug-likeness (QED) is 0.196. The predicted molar refractivity (Wildman–Crippen MR) is 163 cm³/mol. The fraction of sp³-hybridized carbons (Fsp3) is 0.586. The molecule has 1 aliphatic rings. The van der Waals surface area contributed by atoms with Gasteiger partial charge in [-0.15, -0.1) is 0 Å². The van der Waals surface area contributed by atoms with Crippen LogP contribution in [0.5, 0.6) is 5.75 Å². The van der Waals surface area contributed by atoms with E-state index in [1.165, 1.54) is 19.1 Å². The summed E-state index contributed by atoms with van der Waals surface area (Å²) in [6, 6.07) is 7.71. The van der Waals surface area contributed by atoms with E-state index in [4.69, 9.17) is 23.3 Å². The van der Waals surface area contributed by atoms with E-state index in [-0.39, 0.29) is 12.2 Å². The molecule has 2 heterocycles. The summed E-state index contributed by atoms with van der Waals surface area (Å²) in [6.45, 7) is 4.85. The normalized spacial score (nSPS) is 23.2. The lowest BCUT2D eigenvalue weighted by atomic mass is 9.98. The van der Waals surface area contributed by atoms with E-state index >= 15 is 4.39 Å². The van der Waals surface area contributed by atoms with E-state index in [1.807, 2.05) is 19.0 Å². The standard InChI is InChI=1S/C29H42FN4O11P/c1-19(2)43-26(38)20(3)31-46(40,45-21-11-8-7-9-12-21)42-17-22-25(37)29(4,30)27(44-22)33-16-14-23(35)34(28(33)39)18-41-24(36)13-10-15-32(5)6/h7-9,11-12,14,16,19-20,22,25,27,37H,10,13,15,17-18H2,1-6H3,(H,31,40)/t20-,22+,25+,27+,29+,46?/m0/s1. The van der Waals surface area contributed by atoms with Crippen molar-refractivity contribution in [2.45, 2.75) is 83.5 Å². The molecule has 0 bridgehead atoms. The summed E-state index contributed by atoms with van der Waals surface area (Å²) in [5.41, 5.74) is -4.49. The van der Waals surface area contributed by atoms with Crippen molar-refractivity contribution in [2.24, 2.45) is 0 Å². The highest BCUT2D eigenvalue weighted by Gasteiger charge is 2.56. The second-order valence-electron chi connectivity index (χ2n) is 11.5. The number of nitrogens with one attached hydrogen (secondary N) is 1. The van der Waals surface area contributed by atoms with Crippen molar-refractivity contribution < 1.29 is 46.9 Å². The van der Waals surface area contributed by atoms with Gasteiger partial charge in [0.25, 0.3) is 5.56 Å². The van der Waals surface area contributed by atoms with E-state index in [0.717, 1.165) is 23.8 Å². The Morgan fingerprint density at radius 2 is 1.85 bits per heavy atom. The summed E-state index contributed by atoms with van der Waals surface area (Å²) < 4.78 is 58.1. The molecule has 46 heavy (non-hydrogen) atoms. The molecule has 1 aromatic carbocycles. The maximum absolute atomic E-state index is 16.0. The molecule has 1 fully saturated rings. The molecule has 0 saturated carbocycles. The highest BCUT2D eigenvalue weighted by atomic mass is 31.2. The number of nitrogens with zero attached hydrogens (tertiary/aromatic N) is 3. The maximum atomic E-state index is 16.0. The van der Waals surface area contributed by atoms with Crippen LogP contribution in [-0.2, 0) is 39.6 Å². The second-order valence-corrected chi connectivity index (χ2v) is 13.2. The van der Waals surface area contributed by atoms with Gasteiger partial charge in [-0.05, 0) is 66.9 Å². The van der Waals surface area contributed by atoms with E-state index in [2.05, 4.69) is 5.09 Å². The van der Waals surface area contributed by atoms with Gasteiger partial charge < -0.3 is 28.7 Å². The summed E-state index contributed by atoms with van der Waals surface area (Å²) in [6.07, 6.45) is -4.08. The lowest BCUT2D eigenvalue weighted by molar-refractivity contribution is -0.149. The number of aromatic nitrogens is 2. The number of ether oxygens (including phenoxy) is 3. The molecule has 0 radical (unpaired) electrons. The monoisotopic (exact) mass is 672 g/mol. The van der Waals surface area contributed by atoms with Crippen LogP contribution in [0.2, 0.25) is 0 Å². The van der Waals surface area contributed by atoms with E-state index < -0.39 is 80.5 Å². The lowest BCUT2D eigenvalue weighted by Crippen LogP contribution is -2.46. The van der Waals surface area contributed by atoms with Gasteiger partial charge in [0, 0.05) is 18.7 Å². The Hall–Kier alpha value is -3.40. The summed E-state index contributed by atoms with van der Waals surface area (Å²) in [7, 11) is -0.707. The summed E-state index contributed by atoms with van der Waals surface area (Å²) in [5.74, 6) is -1.25. The summed E-state index contributed by atoms with van der Waals surface area (Å²) in [5, 5.41) is 13.3. The summed E-state index contributed by atoms with van der Waals surface area (Å²) >= 11 is 0. The van der Waals surface area contributed by atoms with Crippen LogP contribution in [0.4, 0.5) is 4.39 Å². The molecule has 1 aromatic heterocycles. The SMILES string of the molecule is CC(C)OC(=O)[C@H](C)NP(=O)(OC[C@H]1O[C@@H](n2ccc(=O)n(COC(=O)CCCN(C)C)c2=O)[C@](C)(F)[C@@H]1O)Oc1ccccc1. The molecule has 0 amide bonds. The topological polar surface area (TPSA) is 177 Å². The van der Waals surface area contributed by atoms with Gasteiger partial charge in [0.15, 0.2) is 18.6 Å². The minimum absolute atomic E-state index is 0.0561. The van der Waals surface area contributed by atoms with Gasteiger partial charge in [0.05, 0.1) is 12.7 Å². The molecular weight excluding hydrogens is 630 g/mol. The average Bonchev–Trinajstić information content (AvgIpc) is 3.19. The van der Waals surface area contributed by atoms with E-state index in [1.54, 1.807) is 32.0 Å². The molecule has 2 N–H and O–H groups in total. The van der Waals surface area contributed by atoms with Crippen molar-refractivity contribution in [3.8, 4) is 5.75 Å². The Kier molecular flexibility index (Phi) is 12.8. The molecule has 1 saturated heterocycles. The number of hydrogen-bond acceptors (Lipinski definition) is 12. The number of carbonyl (C=O) groups is 2. The van der Waals surface area contributed by atoms with Gasteiger partial charge in [-0.2, -0.15) is 5.09 Å². The van der Waals surface area contributed by atoms with Crippen LogP contribution in [0.15, 0.2) is 52.2 Å². The van der Waals surface area contributed by atoms with Gasteiger partial charge >= 0.3 is 25.4 Å². The first-order valence-corrected chi connectivity index (χ1v) is 16.2. The number of hydrogen-bond donors (Lipinski definition) is 2. The first kappa shape index (κ1) is 37.1. The zero-order valence-electron chi connectivity index (χ0n) is 26.7. The number of esters is 2. The number of aliphatic hydroxyl groups is 1. The zero-order valence-corrected chi connectivity index (χ0v) is 27.6. The molecule has 256 valence electrons. The molecule has 6 atom stereocenters. The number of rotatable bonds is 16. The third-order valence-corrected chi connectivity index (χ3v) is 8.48. The average molecular weight is 673 g/mol. The van der Waals surface area contributed by atoms with Crippen molar-refractivity contribution in [1.29, 1.82) is 0 Å². The third-order valence-electron chi connectivity index (χ3n) is 6.84. The zero-order chi connectivity index (χ0) is 34.2. The largest absolute Gasteiger partial charge is 0.462 e. The van der Waals surface area contributed by atoms with Crippen molar-refractivity contribution in [3.05, 3.63) is 63.4 Å². The van der Waals surface area contributed by atoms with Gasteiger partial charge in [-0.3, -0.25) is 23.5 Å². The molecule has 17 heteroatoms. The first-order chi connectivity index (χ1) is 21.5. The van der Waals surface area contributed by atoms with Crippen LogP contribution in [0.1, 0.15) is 46.8 Å². The Balaban J connectivity index is 1.78. The Morgan fingerprint density at radius 1 is 1.17 bits per heavy atom. The van der Waals surface area contributed by atoms with E-state index in [9.17, 15) is 28.8 Å². The Morgan fingerprint density at radius 3 is 2.48 bits per heavy atom. The molecule has 2 aromatic rings.